The second-order valence-corrected chi connectivity index (χ2v) is 5.94. The summed E-state index contributed by atoms with van der Waals surface area (Å²) in [5.41, 5.74) is 0.724. The predicted molar refractivity (Wildman–Crippen MR) is 94.3 cm³/mol. The Morgan fingerprint density at radius 1 is 1.33 bits per heavy atom. The first-order valence-corrected chi connectivity index (χ1v) is 7.94. The van der Waals surface area contributed by atoms with Crippen LogP contribution in [0.2, 0.25) is 0 Å². The second-order valence-electron chi connectivity index (χ2n) is 5.94. The third-order valence-corrected chi connectivity index (χ3v) is 3.34. The van der Waals surface area contributed by atoms with Gasteiger partial charge in [-0.05, 0) is 45.3 Å². The molecule has 0 spiro atoms. The van der Waals surface area contributed by atoms with Crippen LogP contribution >= 0.6 is 0 Å². The number of benzene rings is 1. The van der Waals surface area contributed by atoms with Crippen LogP contribution in [0.4, 0.5) is 10.5 Å². The molecule has 2 amide bonds. The van der Waals surface area contributed by atoms with Gasteiger partial charge in [0.25, 0.3) is 0 Å². The molecule has 0 radical (unpaired) electrons. The summed E-state index contributed by atoms with van der Waals surface area (Å²) in [6.07, 6.45) is 5.31. The fourth-order valence-corrected chi connectivity index (χ4v) is 2.13. The standard InChI is InChI=1S/C17H25N5O2/c1-14(12-22-9-8-18-13-22)19-17(23)20-15-4-6-16(7-5-15)24-11-10-21(2)3/h4-9,13-14H,10-12H2,1-3H3,(H2,19,20,23). The van der Waals surface area contributed by atoms with E-state index < -0.39 is 0 Å². The Kier molecular flexibility index (Phi) is 6.62. The number of likely N-dealkylation sites (N-methyl/N-ethyl adjacent to an activating group) is 1. The highest BCUT2D eigenvalue weighted by molar-refractivity contribution is 5.89. The lowest BCUT2D eigenvalue weighted by molar-refractivity contribution is 0.248. The van der Waals surface area contributed by atoms with Gasteiger partial charge in [-0.2, -0.15) is 0 Å². The van der Waals surface area contributed by atoms with Gasteiger partial charge < -0.3 is 24.8 Å². The van der Waals surface area contributed by atoms with Crippen LogP contribution in [0.15, 0.2) is 43.0 Å². The molecule has 24 heavy (non-hydrogen) atoms. The van der Waals surface area contributed by atoms with E-state index in [-0.39, 0.29) is 12.1 Å². The molecule has 0 aliphatic heterocycles. The molecule has 1 aromatic carbocycles. The molecule has 0 saturated heterocycles. The number of urea groups is 1. The zero-order chi connectivity index (χ0) is 17.4. The molecule has 2 N–H and O–H groups in total. The van der Waals surface area contributed by atoms with Crippen molar-refractivity contribution in [3.8, 4) is 5.75 Å². The molecule has 2 rings (SSSR count). The minimum atomic E-state index is -0.233. The third-order valence-electron chi connectivity index (χ3n) is 3.34. The summed E-state index contributed by atoms with van der Waals surface area (Å²) in [6.45, 7) is 4.11. The molecule has 1 atom stereocenters. The molecule has 0 aliphatic rings. The van der Waals surface area contributed by atoms with E-state index in [0.717, 1.165) is 18.0 Å². The first kappa shape index (κ1) is 17.8. The zero-order valence-corrected chi connectivity index (χ0v) is 14.4. The van der Waals surface area contributed by atoms with Gasteiger partial charge in [0, 0.05) is 37.2 Å². The highest BCUT2D eigenvalue weighted by atomic mass is 16.5. The van der Waals surface area contributed by atoms with Crippen LogP contribution < -0.4 is 15.4 Å². The summed E-state index contributed by atoms with van der Waals surface area (Å²) in [4.78, 5) is 18.0. The fourth-order valence-electron chi connectivity index (χ4n) is 2.13. The Balaban J connectivity index is 1.75. The van der Waals surface area contributed by atoms with Crippen LogP contribution in [0.25, 0.3) is 0 Å². The summed E-state index contributed by atoms with van der Waals surface area (Å²) in [5.74, 6) is 0.788. The number of imidazole rings is 1. The maximum absolute atomic E-state index is 12.0. The SMILES string of the molecule is CC(Cn1ccnc1)NC(=O)Nc1ccc(OCCN(C)C)cc1. The Morgan fingerprint density at radius 3 is 2.71 bits per heavy atom. The lowest BCUT2D eigenvalue weighted by Gasteiger charge is -2.15. The summed E-state index contributed by atoms with van der Waals surface area (Å²) in [5, 5.41) is 5.71. The minimum absolute atomic E-state index is 0.00663. The number of anilines is 1. The summed E-state index contributed by atoms with van der Waals surface area (Å²) in [7, 11) is 4.01. The third kappa shape index (κ3) is 6.29. The fraction of sp³-hybridized carbons (Fsp3) is 0.412. The van der Waals surface area contributed by atoms with Crippen molar-refractivity contribution in [2.75, 3.05) is 32.6 Å². The number of amides is 2. The molecule has 1 aromatic heterocycles. The highest BCUT2D eigenvalue weighted by Crippen LogP contribution is 2.15. The topological polar surface area (TPSA) is 71.4 Å². The summed E-state index contributed by atoms with van der Waals surface area (Å²) < 4.78 is 7.54. The van der Waals surface area contributed by atoms with E-state index in [1.54, 1.807) is 12.5 Å². The van der Waals surface area contributed by atoms with Crippen LogP contribution in [0, 0.1) is 0 Å². The quantitative estimate of drug-likeness (QED) is 0.776. The first-order valence-electron chi connectivity index (χ1n) is 7.94. The molecular weight excluding hydrogens is 306 g/mol. The van der Waals surface area contributed by atoms with E-state index in [2.05, 4.69) is 20.5 Å². The lowest BCUT2D eigenvalue weighted by atomic mass is 10.3. The van der Waals surface area contributed by atoms with Crippen LogP contribution in [-0.2, 0) is 6.54 Å². The molecule has 130 valence electrons. The first-order chi connectivity index (χ1) is 11.5. The van der Waals surface area contributed by atoms with E-state index in [0.29, 0.717) is 13.2 Å². The van der Waals surface area contributed by atoms with Gasteiger partial charge in [-0.3, -0.25) is 0 Å². The van der Waals surface area contributed by atoms with E-state index >= 15 is 0 Å². The van der Waals surface area contributed by atoms with Gasteiger partial charge in [-0.1, -0.05) is 0 Å². The Labute approximate surface area is 142 Å². The van der Waals surface area contributed by atoms with Crippen molar-refractivity contribution in [3.05, 3.63) is 43.0 Å². The van der Waals surface area contributed by atoms with Crippen molar-refractivity contribution in [3.63, 3.8) is 0 Å². The number of hydrogen-bond acceptors (Lipinski definition) is 4. The molecular formula is C17H25N5O2. The van der Waals surface area contributed by atoms with Gasteiger partial charge in [0.1, 0.15) is 12.4 Å². The summed E-state index contributed by atoms with van der Waals surface area (Å²) >= 11 is 0. The number of carbonyl (C=O) groups excluding carboxylic acids is 1. The van der Waals surface area contributed by atoms with E-state index in [1.165, 1.54) is 0 Å². The molecule has 1 heterocycles. The van der Waals surface area contributed by atoms with Gasteiger partial charge in [-0.15, -0.1) is 0 Å². The minimum Gasteiger partial charge on any atom is -0.492 e. The van der Waals surface area contributed by atoms with E-state index in [9.17, 15) is 4.79 Å². The lowest BCUT2D eigenvalue weighted by Crippen LogP contribution is -2.38. The number of nitrogens with zero attached hydrogens (tertiary/aromatic N) is 3. The van der Waals surface area contributed by atoms with Crippen molar-refractivity contribution in [1.29, 1.82) is 0 Å². The Bertz CT molecular complexity index is 610. The van der Waals surface area contributed by atoms with Crippen molar-refractivity contribution in [1.82, 2.24) is 19.8 Å². The van der Waals surface area contributed by atoms with Gasteiger partial charge in [-0.25, -0.2) is 9.78 Å². The molecule has 7 heteroatoms. The van der Waals surface area contributed by atoms with E-state index in [4.69, 9.17) is 4.74 Å². The molecule has 1 unspecified atom stereocenters. The van der Waals surface area contributed by atoms with Crippen LogP contribution in [0.3, 0.4) is 0 Å². The molecule has 0 bridgehead atoms. The number of ether oxygens (including phenoxy) is 1. The van der Waals surface area contributed by atoms with Crippen LogP contribution in [0.5, 0.6) is 5.75 Å². The summed E-state index contributed by atoms with van der Waals surface area (Å²) in [6, 6.07) is 7.10. The van der Waals surface area contributed by atoms with Gasteiger partial charge in [0.15, 0.2) is 0 Å². The second kappa shape index (κ2) is 8.93. The average molecular weight is 331 g/mol. The molecule has 0 fully saturated rings. The highest BCUT2D eigenvalue weighted by Gasteiger charge is 2.08. The van der Waals surface area contributed by atoms with Gasteiger partial charge in [0.05, 0.1) is 6.33 Å². The van der Waals surface area contributed by atoms with Crippen LogP contribution in [0.1, 0.15) is 6.92 Å². The monoisotopic (exact) mass is 331 g/mol. The number of carbonyl (C=O) groups is 1. The molecule has 0 aliphatic carbocycles. The molecule has 0 saturated carbocycles. The Hall–Kier alpha value is -2.54. The van der Waals surface area contributed by atoms with Gasteiger partial charge >= 0.3 is 6.03 Å². The number of aromatic nitrogens is 2. The average Bonchev–Trinajstić information content (AvgIpc) is 3.01. The number of hydrogen-bond donors (Lipinski definition) is 2. The zero-order valence-electron chi connectivity index (χ0n) is 14.4. The smallest absolute Gasteiger partial charge is 0.319 e. The normalized spacial score (nSPS) is 12.0. The van der Waals surface area contributed by atoms with Crippen molar-refractivity contribution >= 4 is 11.7 Å². The maximum atomic E-state index is 12.0. The van der Waals surface area contributed by atoms with E-state index in [1.807, 2.05) is 56.0 Å². The molecule has 2 aromatic rings. The van der Waals surface area contributed by atoms with Crippen molar-refractivity contribution < 1.29 is 9.53 Å². The van der Waals surface area contributed by atoms with Gasteiger partial charge in [0.2, 0.25) is 0 Å². The maximum Gasteiger partial charge on any atom is 0.319 e. The number of rotatable bonds is 8. The molecule has 7 nitrogen and oxygen atoms in total. The Morgan fingerprint density at radius 2 is 2.08 bits per heavy atom. The van der Waals surface area contributed by atoms with Crippen molar-refractivity contribution in [2.45, 2.75) is 19.5 Å². The van der Waals surface area contributed by atoms with Crippen LogP contribution in [-0.4, -0.2) is 53.8 Å². The van der Waals surface area contributed by atoms with Crippen molar-refractivity contribution in [2.24, 2.45) is 0 Å². The predicted octanol–water partition coefficient (Wildman–Crippen LogP) is 2.03. The largest absolute Gasteiger partial charge is 0.492 e. The number of nitrogens with one attached hydrogen (secondary N) is 2.